The number of rotatable bonds is 4. The monoisotopic (exact) mass is 360 g/mol. The molecular formula is C18H20N2O4S. The number of piperidine rings is 1. The highest BCUT2D eigenvalue weighted by Gasteiger charge is 2.28. The van der Waals surface area contributed by atoms with E-state index in [2.05, 4.69) is 4.98 Å². The second-order valence-corrected chi connectivity index (χ2v) is 7.30. The van der Waals surface area contributed by atoms with Gasteiger partial charge in [-0.1, -0.05) is 30.3 Å². The zero-order chi connectivity index (χ0) is 17.8. The van der Waals surface area contributed by atoms with Gasteiger partial charge in [-0.2, -0.15) is 0 Å². The van der Waals surface area contributed by atoms with Crippen molar-refractivity contribution >= 4 is 23.4 Å². The summed E-state index contributed by atoms with van der Waals surface area (Å²) in [7, 11) is 0. The van der Waals surface area contributed by atoms with E-state index in [9.17, 15) is 9.59 Å². The first-order valence-electron chi connectivity index (χ1n) is 8.21. The molecule has 1 saturated heterocycles. The summed E-state index contributed by atoms with van der Waals surface area (Å²) in [4.78, 5) is 30.0. The number of aromatic carboxylic acids is 1. The minimum absolute atomic E-state index is 0.143. The largest absolute Gasteiger partial charge is 0.476 e. The van der Waals surface area contributed by atoms with Gasteiger partial charge in [0, 0.05) is 23.9 Å². The summed E-state index contributed by atoms with van der Waals surface area (Å²) in [6.45, 7) is 3.24. The Kier molecular flexibility index (Phi) is 5.33. The van der Waals surface area contributed by atoms with Crippen LogP contribution in [-0.2, 0) is 11.3 Å². The van der Waals surface area contributed by atoms with E-state index in [4.69, 9.17) is 9.84 Å². The van der Waals surface area contributed by atoms with E-state index in [-0.39, 0.29) is 24.3 Å². The molecule has 1 amide bonds. The lowest BCUT2D eigenvalue weighted by atomic mass is 9.98. The molecule has 3 rings (SSSR count). The highest BCUT2D eigenvalue weighted by Crippen LogP contribution is 2.32. The number of carboxylic acids is 1. The van der Waals surface area contributed by atoms with Gasteiger partial charge in [0.25, 0.3) is 0 Å². The van der Waals surface area contributed by atoms with Crippen molar-refractivity contribution in [1.82, 2.24) is 9.88 Å². The maximum absolute atomic E-state index is 12.2. The van der Waals surface area contributed by atoms with Gasteiger partial charge in [0.2, 0.25) is 0 Å². The molecule has 0 bridgehead atoms. The van der Waals surface area contributed by atoms with Crippen LogP contribution in [0.1, 0.15) is 44.7 Å². The number of ether oxygens (including phenoxy) is 1. The average Bonchev–Trinajstić information content (AvgIpc) is 3.03. The molecule has 0 atom stereocenters. The Bertz CT molecular complexity index is 752. The van der Waals surface area contributed by atoms with Crippen molar-refractivity contribution in [2.75, 3.05) is 13.1 Å². The Morgan fingerprint density at radius 1 is 1.28 bits per heavy atom. The van der Waals surface area contributed by atoms with Crippen LogP contribution in [0.25, 0.3) is 0 Å². The van der Waals surface area contributed by atoms with Crippen LogP contribution in [0.5, 0.6) is 0 Å². The Labute approximate surface area is 150 Å². The van der Waals surface area contributed by atoms with Crippen molar-refractivity contribution in [2.24, 2.45) is 0 Å². The van der Waals surface area contributed by atoms with Crippen LogP contribution in [0.2, 0.25) is 0 Å². The fraction of sp³-hybridized carbons (Fsp3) is 0.389. The van der Waals surface area contributed by atoms with E-state index in [1.54, 1.807) is 11.8 Å². The average molecular weight is 360 g/mol. The maximum atomic E-state index is 12.2. The molecule has 0 unspecified atom stereocenters. The summed E-state index contributed by atoms with van der Waals surface area (Å²) >= 11 is 1.44. The second-order valence-electron chi connectivity index (χ2n) is 6.06. The van der Waals surface area contributed by atoms with Gasteiger partial charge in [-0.15, -0.1) is 11.3 Å². The molecule has 1 N–H and O–H groups in total. The van der Waals surface area contributed by atoms with Crippen LogP contribution in [-0.4, -0.2) is 40.1 Å². The van der Waals surface area contributed by atoms with E-state index in [1.165, 1.54) is 11.3 Å². The summed E-state index contributed by atoms with van der Waals surface area (Å²) in [5.41, 5.74) is 1.11. The van der Waals surface area contributed by atoms with Crippen molar-refractivity contribution < 1.29 is 19.4 Å². The minimum Gasteiger partial charge on any atom is -0.476 e. The molecule has 1 aliphatic heterocycles. The summed E-state index contributed by atoms with van der Waals surface area (Å²) in [5.74, 6) is -0.781. The first-order chi connectivity index (χ1) is 12.0. The van der Waals surface area contributed by atoms with Crippen molar-refractivity contribution in [1.29, 1.82) is 0 Å². The number of aromatic nitrogens is 1. The van der Waals surface area contributed by atoms with Crippen LogP contribution in [0.3, 0.4) is 0 Å². The normalized spacial score (nSPS) is 15.2. The zero-order valence-corrected chi connectivity index (χ0v) is 14.8. The first-order valence-corrected chi connectivity index (χ1v) is 9.02. The Hall–Kier alpha value is -2.41. The lowest BCUT2D eigenvalue weighted by Crippen LogP contribution is -2.38. The van der Waals surface area contributed by atoms with E-state index in [0.29, 0.717) is 13.1 Å². The van der Waals surface area contributed by atoms with Gasteiger partial charge in [0.15, 0.2) is 5.69 Å². The summed E-state index contributed by atoms with van der Waals surface area (Å²) in [6.07, 6.45) is 1.24. The third-order valence-corrected chi connectivity index (χ3v) is 5.46. The lowest BCUT2D eigenvalue weighted by Gasteiger charge is -2.30. The SMILES string of the molecule is Cc1sc(C2CCN(C(=O)OCc3ccccc3)CC2)nc1C(=O)O. The van der Waals surface area contributed by atoms with E-state index in [0.717, 1.165) is 28.3 Å². The number of aryl methyl sites for hydroxylation is 1. The molecule has 7 heteroatoms. The third-order valence-electron chi connectivity index (χ3n) is 4.32. The molecule has 2 heterocycles. The van der Waals surface area contributed by atoms with Crippen molar-refractivity contribution in [2.45, 2.75) is 32.3 Å². The van der Waals surface area contributed by atoms with Crippen LogP contribution in [0.15, 0.2) is 30.3 Å². The van der Waals surface area contributed by atoms with Crippen molar-refractivity contribution in [3.63, 3.8) is 0 Å². The summed E-state index contributed by atoms with van der Waals surface area (Å²) < 4.78 is 5.36. The maximum Gasteiger partial charge on any atom is 0.410 e. The topological polar surface area (TPSA) is 79.7 Å². The molecule has 1 aromatic heterocycles. The van der Waals surface area contributed by atoms with Crippen LogP contribution < -0.4 is 0 Å². The molecule has 2 aromatic rings. The third kappa shape index (κ3) is 4.17. The Morgan fingerprint density at radius 2 is 1.96 bits per heavy atom. The molecule has 6 nitrogen and oxygen atoms in total. The van der Waals surface area contributed by atoms with E-state index in [1.807, 2.05) is 30.3 Å². The standard InChI is InChI=1S/C18H20N2O4S/c1-12-15(17(21)22)19-16(25-12)14-7-9-20(10-8-14)18(23)24-11-13-5-3-2-4-6-13/h2-6,14H,7-11H2,1H3,(H,21,22). The number of thiazole rings is 1. The summed E-state index contributed by atoms with van der Waals surface area (Å²) in [6, 6.07) is 9.59. The molecule has 0 spiro atoms. The van der Waals surface area contributed by atoms with Gasteiger partial charge in [-0.05, 0) is 25.3 Å². The predicted molar refractivity (Wildman–Crippen MR) is 94.0 cm³/mol. The number of carbonyl (C=O) groups is 2. The summed E-state index contributed by atoms with van der Waals surface area (Å²) in [5, 5.41) is 9.97. The molecule has 25 heavy (non-hydrogen) atoms. The van der Waals surface area contributed by atoms with E-state index >= 15 is 0 Å². The highest BCUT2D eigenvalue weighted by atomic mass is 32.1. The highest BCUT2D eigenvalue weighted by molar-refractivity contribution is 7.12. The second kappa shape index (κ2) is 7.65. The molecule has 0 saturated carbocycles. The number of hydrogen-bond acceptors (Lipinski definition) is 5. The zero-order valence-electron chi connectivity index (χ0n) is 14.0. The first kappa shape index (κ1) is 17.4. The van der Waals surface area contributed by atoms with E-state index < -0.39 is 5.97 Å². The van der Waals surface area contributed by atoms with Crippen molar-refractivity contribution in [3.8, 4) is 0 Å². The van der Waals surface area contributed by atoms with Crippen LogP contribution >= 0.6 is 11.3 Å². The minimum atomic E-state index is -0.984. The number of benzene rings is 1. The number of hydrogen-bond donors (Lipinski definition) is 1. The molecule has 0 aliphatic carbocycles. The fourth-order valence-electron chi connectivity index (χ4n) is 2.91. The predicted octanol–water partition coefficient (Wildman–Crippen LogP) is 3.67. The van der Waals surface area contributed by atoms with Gasteiger partial charge < -0.3 is 14.7 Å². The lowest BCUT2D eigenvalue weighted by molar-refractivity contribution is 0.0690. The molecule has 1 aromatic carbocycles. The van der Waals surface area contributed by atoms with Crippen molar-refractivity contribution in [3.05, 3.63) is 51.5 Å². The number of nitrogens with zero attached hydrogens (tertiary/aromatic N) is 2. The van der Waals surface area contributed by atoms with Gasteiger partial charge in [-0.25, -0.2) is 14.6 Å². The van der Waals surface area contributed by atoms with Gasteiger partial charge in [0.05, 0.1) is 5.01 Å². The molecule has 1 fully saturated rings. The van der Waals surface area contributed by atoms with Gasteiger partial charge in [0.1, 0.15) is 6.61 Å². The number of likely N-dealkylation sites (tertiary alicyclic amines) is 1. The van der Waals surface area contributed by atoms with Crippen LogP contribution in [0.4, 0.5) is 4.79 Å². The number of carboxylic acid groups (broad SMARTS) is 1. The molecule has 132 valence electrons. The number of amides is 1. The quantitative estimate of drug-likeness (QED) is 0.900. The Morgan fingerprint density at radius 3 is 2.56 bits per heavy atom. The van der Waals surface area contributed by atoms with Crippen LogP contribution in [0, 0.1) is 6.92 Å². The Balaban J connectivity index is 1.52. The van der Waals surface area contributed by atoms with Gasteiger partial charge in [-0.3, -0.25) is 0 Å². The molecule has 0 radical (unpaired) electrons. The number of carbonyl (C=O) groups excluding carboxylic acids is 1. The smallest absolute Gasteiger partial charge is 0.410 e. The van der Waals surface area contributed by atoms with Gasteiger partial charge >= 0.3 is 12.1 Å². The molecular weight excluding hydrogens is 340 g/mol. The fourth-order valence-corrected chi connectivity index (χ4v) is 3.99. The molecule has 1 aliphatic rings.